The van der Waals surface area contributed by atoms with Gasteiger partial charge in [0, 0.05) is 5.69 Å². The lowest BCUT2D eigenvalue weighted by atomic mass is 10.2. The zero-order valence-electron chi connectivity index (χ0n) is 10.5. The Morgan fingerprint density at radius 3 is 2.45 bits per heavy atom. The predicted molar refractivity (Wildman–Crippen MR) is 73.6 cm³/mol. The molecular formula is C13H6Cl2F4N2O. The average Bonchev–Trinajstić information content (AvgIpc) is 2.42. The van der Waals surface area contributed by atoms with Crippen molar-refractivity contribution < 1.29 is 22.4 Å². The maximum Gasteiger partial charge on any atom is 0.416 e. The topological polar surface area (TPSA) is 42.0 Å². The van der Waals surface area contributed by atoms with Crippen LogP contribution in [0.15, 0.2) is 30.3 Å². The van der Waals surface area contributed by atoms with Crippen molar-refractivity contribution in [3.8, 4) is 0 Å². The first kappa shape index (κ1) is 16.5. The maximum absolute atomic E-state index is 13.3. The molecule has 116 valence electrons. The van der Waals surface area contributed by atoms with Gasteiger partial charge in [0.15, 0.2) is 11.0 Å². The lowest BCUT2D eigenvalue weighted by Gasteiger charge is -2.10. The van der Waals surface area contributed by atoms with Crippen molar-refractivity contribution in [2.45, 2.75) is 6.18 Å². The summed E-state index contributed by atoms with van der Waals surface area (Å²) in [5.74, 6) is -1.88. The van der Waals surface area contributed by atoms with Gasteiger partial charge >= 0.3 is 6.18 Å². The van der Waals surface area contributed by atoms with E-state index in [-0.39, 0.29) is 16.4 Å². The van der Waals surface area contributed by atoms with E-state index in [1.54, 1.807) is 0 Å². The molecule has 1 aromatic carbocycles. The molecule has 0 spiro atoms. The molecule has 0 saturated heterocycles. The number of hydrogen-bond donors (Lipinski definition) is 1. The van der Waals surface area contributed by atoms with Gasteiger partial charge in [-0.1, -0.05) is 29.3 Å². The first-order chi connectivity index (χ1) is 10.2. The van der Waals surface area contributed by atoms with Crippen molar-refractivity contribution in [3.05, 3.63) is 57.6 Å². The van der Waals surface area contributed by atoms with Crippen molar-refractivity contribution in [2.24, 2.45) is 0 Å². The van der Waals surface area contributed by atoms with E-state index in [1.165, 1.54) is 6.07 Å². The van der Waals surface area contributed by atoms with Crippen LogP contribution < -0.4 is 5.32 Å². The molecule has 22 heavy (non-hydrogen) atoms. The number of hydrogen-bond acceptors (Lipinski definition) is 2. The second kappa shape index (κ2) is 6.10. The molecule has 9 heteroatoms. The van der Waals surface area contributed by atoms with E-state index in [0.717, 1.165) is 24.3 Å². The summed E-state index contributed by atoms with van der Waals surface area (Å²) in [5.41, 5.74) is -1.40. The van der Waals surface area contributed by atoms with Gasteiger partial charge < -0.3 is 5.32 Å². The highest BCUT2D eigenvalue weighted by Crippen LogP contribution is 2.31. The quantitative estimate of drug-likeness (QED) is 0.623. The van der Waals surface area contributed by atoms with Crippen molar-refractivity contribution >= 4 is 34.8 Å². The van der Waals surface area contributed by atoms with Gasteiger partial charge in [0.1, 0.15) is 5.15 Å². The second-order valence-electron chi connectivity index (χ2n) is 4.13. The van der Waals surface area contributed by atoms with Crippen LogP contribution in [-0.4, -0.2) is 10.9 Å². The van der Waals surface area contributed by atoms with Gasteiger partial charge in [-0.25, -0.2) is 9.37 Å². The molecule has 0 radical (unpaired) electrons. The summed E-state index contributed by atoms with van der Waals surface area (Å²) in [7, 11) is 0. The van der Waals surface area contributed by atoms with E-state index in [0.29, 0.717) is 0 Å². The Kier molecular flexibility index (Phi) is 4.58. The Hall–Kier alpha value is -1.86. The van der Waals surface area contributed by atoms with Crippen LogP contribution in [0.4, 0.5) is 23.2 Å². The Morgan fingerprint density at radius 1 is 1.14 bits per heavy atom. The minimum Gasteiger partial charge on any atom is -0.322 e. The van der Waals surface area contributed by atoms with Crippen LogP contribution in [0, 0.1) is 5.82 Å². The molecule has 0 unspecified atom stereocenters. The third-order valence-electron chi connectivity index (χ3n) is 2.58. The van der Waals surface area contributed by atoms with Crippen LogP contribution in [0.2, 0.25) is 10.3 Å². The zero-order valence-corrected chi connectivity index (χ0v) is 12.0. The number of nitrogens with zero attached hydrogens (tertiary/aromatic N) is 1. The number of amides is 1. The second-order valence-corrected chi connectivity index (χ2v) is 4.85. The summed E-state index contributed by atoms with van der Waals surface area (Å²) in [6.07, 6.45) is -4.55. The van der Waals surface area contributed by atoms with Crippen LogP contribution in [-0.2, 0) is 6.18 Å². The average molecular weight is 353 g/mol. The van der Waals surface area contributed by atoms with Gasteiger partial charge in [0.25, 0.3) is 5.91 Å². The number of benzene rings is 1. The summed E-state index contributed by atoms with van der Waals surface area (Å²) in [6.45, 7) is 0. The van der Waals surface area contributed by atoms with Crippen LogP contribution >= 0.6 is 23.2 Å². The fraction of sp³-hybridized carbons (Fsp3) is 0.0769. The summed E-state index contributed by atoms with van der Waals surface area (Å²) in [4.78, 5) is 15.3. The van der Waals surface area contributed by atoms with Crippen LogP contribution in [0.1, 0.15) is 15.9 Å². The number of carbonyl (C=O) groups excluding carboxylic acids is 1. The fourth-order valence-electron chi connectivity index (χ4n) is 1.58. The van der Waals surface area contributed by atoms with Crippen LogP contribution in [0.3, 0.4) is 0 Å². The largest absolute Gasteiger partial charge is 0.416 e. The maximum atomic E-state index is 13.3. The van der Waals surface area contributed by atoms with Gasteiger partial charge in [-0.2, -0.15) is 13.2 Å². The normalized spacial score (nSPS) is 11.4. The molecule has 0 fully saturated rings. The zero-order chi connectivity index (χ0) is 16.5. The minimum atomic E-state index is -4.55. The monoisotopic (exact) mass is 352 g/mol. The third kappa shape index (κ3) is 3.66. The summed E-state index contributed by atoms with van der Waals surface area (Å²) >= 11 is 11.1. The molecule has 0 bridgehead atoms. The molecule has 1 N–H and O–H groups in total. The fourth-order valence-corrected chi connectivity index (χ4v) is 1.98. The van der Waals surface area contributed by atoms with Crippen LogP contribution in [0.25, 0.3) is 0 Å². The molecule has 0 aliphatic carbocycles. The number of carbonyl (C=O) groups is 1. The Morgan fingerprint density at radius 2 is 1.82 bits per heavy atom. The van der Waals surface area contributed by atoms with Gasteiger partial charge in [0.2, 0.25) is 0 Å². The Bertz CT molecular complexity index is 734. The van der Waals surface area contributed by atoms with E-state index in [9.17, 15) is 22.4 Å². The number of nitrogens with one attached hydrogen (secondary N) is 1. The molecular weight excluding hydrogens is 347 g/mol. The highest BCUT2D eigenvalue weighted by atomic mass is 35.5. The molecule has 2 aromatic rings. The molecule has 1 amide bonds. The van der Waals surface area contributed by atoms with Crippen molar-refractivity contribution in [1.82, 2.24) is 4.98 Å². The SMILES string of the molecule is O=C(Nc1cccc(C(F)(F)F)c1)c1cc(F)c(Cl)nc1Cl. The smallest absolute Gasteiger partial charge is 0.322 e. The lowest BCUT2D eigenvalue weighted by Crippen LogP contribution is -2.14. The van der Waals surface area contributed by atoms with E-state index in [4.69, 9.17) is 23.2 Å². The number of alkyl halides is 3. The summed E-state index contributed by atoms with van der Waals surface area (Å²) < 4.78 is 51.0. The number of pyridine rings is 1. The third-order valence-corrected chi connectivity index (χ3v) is 3.13. The molecule has 0 aliphatic heterocycles. The molecule has 0 aliphatic rings. The van der Waals surface area contributed by atoms with E-state index < -0.39 is 28.6 Å². The molecule has 0 atom stereocenters. The number of aromatic nitrogens is 1. The first-order valence-corrected chi connectivity index (χ1v) is 6.44. The highest BCUT2D eigenvalue weighted by Gasteiger charge is 2.30. The highest BCUT2D eigenvalue weighted by molar-refractivity contribution is 6.35. The van der Waals surface area contributed by atoms with Crippen molar-refractivity contribution in [1.29, 1.82) is 0 Å². The van der Waals surface area contributed by atoms with Gasteiger partial charge in [0.05, 0.1) is 11.1 Å². The molecule has 1 aromatic heterocycles. The molecule has 3 nitrogen and oxygen atoms in total. The molecule has 0 saturated carbocycles. The van der Waals surface area contributed by atoms with Crippen LogP contribution in [0.5, 0.6) is 0 Å². The number of anilines is 1. The Balaban J connectivity index is 2.28. The van der Waals surface area contributed by atoms with E-state index >= 15 is 0 Å². The predicted octanol–water partition coefficient (Wildman–Crippen LogP) is 4.80. The lowest BCUT2D eigenvalue weighted by molar-refractivity contribution is -0.137. The van der Waals surface area contributed by atoms with Gasteiger partial charge in [-0.3, -0.25) is 4.79 Å². The standard InChI is InChI=1S/C13H6Cl2F4N2O/c14-10-8(5-9(16)11(15)21-10)12(22)20-7-3-1-2-6(4-7)13(17,18)19/h1-5H,(H,20,22). The van der Waals surface area contributed by atoms with E-state index in [2.05, 4.69) is 10.3 Å². The molecule has 2 rings (SSSR count). The summed E-state index contributed by atoms with van der Waals surface area (Å²) in [5, 5.41) is 1.31. The summed E-state index contributed by atoms with van der Waals surface area (Å²) in [6, 6.07) is 4.72. The molecule has 1 heterocycles. The van der Waals surface area contributed by atoms with Gasteiger partial charge in [-0.15, -0.1) is 0 Å². The number of rotatable bonds is 2. The minimum absolute atomic E-state index is 0.119. The number of halogens is 6. The van der Waals surface area contributed by atoms with Gasteiger partial charge in [-0.05, 0) is 24.3 Å². The van der Waals surface area contributed by atoms with Crippen molar-refractivity contribution in [3.63, 3.8) is 0 Å². The Labute approximate surface area is 131 Å². The van der Waals surface area contributed by atoms with Crippen molar-refractivity contribution in [2.75, 3.05) is 5.32 Å². The van der Waals surface area contributed by atoms with E-state index in [1.807, 2.05) is 0 Å². The first-order valence-electron chi connectivity index (χ1n) is 5.68.